The van der Waals surface area contributed by atoms with Gasteiger partial charge in [-0.3, -0.25) is 5.41 Å². The summed E-state index contributed by atoms with van der Waals surface area (Å²) in [5.74, 6) is -0.422. The predicted octanol–water partition coefficient (Wildman–Crippen LogP) is 2.02. The van der Waals surface area contributed by atoms with Crippen LogP contribution < -0.4 is 5.32 Å². The van der Waals surface area contributed by atoms with E-state index >= 15 is 0 Å². The number of hydrogen-bond donors (Lipinski definition) is 2. The minimum Gasteiger partial charge on any atom is -0.373 e. The highest BCUT2D eigenvalue weighted by Crippen LogP contribution is 2.14. The van der Waals surface area contributed by atoms with Gasteiger partial charge < -0.3 is 5.32 Å². The molecule has 0 aromatic heterocycles. The van der Waals surface area contributed by atoms with E-state index in [2.05, 4.69) is 5.32 Å². The molecule has 0 aliphatic rings. The standard InChI is InChI=1S/C8H8ClFN2/c1-12-8(11)6-4-5(9)2-3-7(6)10/h2-4H,1H3,(H2,11,12). The fraction of sp³-hybridized carbons (Fsp3) is 0.125. The Balaban J connectivity index is 3.13. The first-order valence-corrected chi connectivity index (χ1v) is 3.74. The van der Waals surface area contributed by atoms with Crippen LogP contribution in [-0.2, 0) is 0 Å². The normalized spacial score (nSPS) is 9.58. The van der Waals surface area contributed by atoms with Crippen LogP contribution in [0.5, 0.6) is 0 Å². The first kappa shape index (κ1) is 9.00. The first-order valence-electron chi connectivity index (χ1n) is 3.37. The quantitative estimate of drug-likeness (QED) is 0.511. The monoisotopic (exact) mass is 186 g/mol. The molecule has 0 bridgehead atoms. The van der Waals surface area contributed by atoms with Crippen molar-refractivity contribution in [3.8, 4) is 0 Å². The number of halogens is 2. The second-order valence-corrected chi connectivity index (χ2v) is 2.69. The summed E-state index contributed by atoms with van der Waals surface area (Å²) >= 11 is 5.63. The van der Waals surface area contributed by atoms with Crippen LogP contribution in [0.4, 0.5) is 4.39 Å². The third-order valence-electron chi connectivity index (χ3n) is 1.45. The van der Waals surface area contributed by atoms with Gasteiger partial charge in [0.2, 0.25) is 0 Å². The largest absolute Gasteiger partial charge is 0.373 e. The van der Waals surface area contributed by atoms with Gasteiger partial charge in [-0.25, -0.2) is 4.39 Å². The Morgan fingerprint density at radius 1 is 1.58 bits per heavy atom. The zero-order valence-electron chi connectivity index (χ0n) is 6.49. The fourth-order valence-corrected chi connectivity index (χ4v) is 0.996. The molecule has 64 valence electrons. The number of rotatable bonds is 1. The van der Waals surface area contributed by atoms with Crippen LogP contribution in [0.2, 0.25) is 5.02 Å². The van der Waals surface area contributed by atoms with Crippen molar-refractivity contribution in [1.82, 2.24) is 5.32 Å². The molecule has 0 unspecified atom stereocenters. The first-order chi connectivity index (χ1) is 5.65. The molecule has 0 amide bonds. The Morgan fingerprint density at radius 3 is 2.83 bits per heavy atom. The molecule has 1 aromatic carbocycles. The molecule has 0 saturated carbocycles. The van der Waals surface area contributed by atoms with Crippen LogP contribution >= 0.6 is 11.6 Å². The van der Waals surface area contributed by atoms with E-state index in [0.717, 1.165) is 0 Å². The Labute approximate surface area is 74.9 Å². The van der Waals surface area contributed by atoms with Crippen molar-refractivity contribution in [2.75, 3.05) is 7.05 Å². The van der Waals surface area contributed by atoms with E-state index < -0.39 is 5.82 Å². The summed E-state index contributed by atoms with van der Waals surface area (Å²) in [5, 5.41) is 10.3. The van der Waals surface area contributed by atoms with Crippen molar-refractivity contribution in [2.45, 2.75) is 0 Å². The molecule has 12 heavy (non-hydrogen) atoms. The van der Waals surface area contributed by atoms with Gasteiger partial charge in [-0.05, 0) is 18.2 Å². The van der Waals surface area contributed by atoms with Gasteiger partial charge in [-0.2, -0.15) is 0 Å². The van der Waals surface area contributed by atoms with Crippen LogP contribution in [0, 0.1) is 11.2 Å². The summed E-state index contributed by atoms with van der Waals surface area (Å²) in [4.78, 5) is 0. The van der Waals surface area contributed by atoms with E-state index in [1.165, 1.54) is 18.2 Å². The van der Waals surface area contributed by atoms with E-state index in [4.69, 9.17) is 17.0 Å². The Bertz CT molecular complexity index is 312. The van der Waals surface area contributed by atoms with Crippen molar-refractivity contribution in [3.05, 3.63) is 34.6 Å². The van der Waals surface area contributed by atoms with Crippen molar-refractivity contribution < 1.29 is 4.39 Å². The lowest BCUT2D eigenvalue weighted by Gasteiger charge is -2.03. The van der Waals surface area contributed by atoms with E-state index in [1.807, 2.05) is 0 Å². The topological polar surface area (TPSA) is 35.9 Å². The lowest BCUT2D eigenvalue weighted by Crippen LogP contribution is -2.19. The highest BCUT2D eigenvalue weighted by molar-refractivity contribution is 6.31. The zero-order valence-corrected chi connectivity index (χ0v) is 7.24. The summed E-state index contributed by atoms with van der Waals surface area (Å²) in [6.07, 6.45) is 0. The molecule has 0 radical (unpaired) electrons. The Morgan fingerprint density at radius 2 is 2.25 bits per heavy atom. The molecule has 0 saturated heterocycles. The van der Waals surface area contributed by atoms with Gasteiger partial charge in [0.1, 0.15) is 11.7 Å². The summed E-state index contributed by atoms with van der Waals surface area (Å²) in [6, 6.07) is 4.10. The molecule has 0 aliphatic carbocycles. The summed E-state index contributed by atoms with van der Waals surface area (Å²) < 4.78 is 13.0. The molecule has 0 heterocycles. The van der Waals surface area contributed by atoms with Gasteiger partial charge in [-0.15, -0.1) is 0 Å². The molecule has 0 aliphatic heterocycles. The average Bonchev–Trinajstić information content (AvgIpc) is 2.08. The van der Waals surface area contributed by atoms with Crippen LogP contribution in [0.1, 0.15) is 5.56 Å². The fourth-order valence-electron chi connectivity index (χ4n) is 0.824. The molecular formula is C8H8ClFN2. The highest BCUT2D eigenvalue weighted by atomic mass is 35.5. The smallest absolute Gasteiger partial charge is 0.134 e. The van der Waals surface area contributed by atoms with Gasteiger partial charge in [0.05, 0.1) is 5.56 Å². The number of benzene rings is 1. The van der Waals surface area contributed by atoms with Crippen LogP contribution in [0.25, 0.3) is 0 Å². The molecule has 2 N–H and O–H groups in total. The third-order valence-corrected chi connectivity index (χ3v) is 1.68. The van der Waals surface area contributed by atoms with Crippen LogP contribution in [0.3, 0.4) is 0 Å². The van der Waals surface area contributed by atoms with Gasteiger partial charge in [-0.1, -0.05) is 11.6 Å². The zero-order chi connectivity index (χ0) is 9.14. The minimum absolute atomic E-state index is 0.0231. The van der Waals surface area contributed by atoms with Crippen LogP contribution in [-0.4, -0.2) is 12.9 Å². The molecule has 0 atom stereocenters. The molecular weight excluding hydrogens is 179 g/mol. The number of hydrogen-bond acceptors (Lipinski definition) is 1. The highest BCUT2D eigenvalue weighted by Gasteiger charge is 2.06. The molecule has 2 nitrogen and oxygen atoms in total. The van der Waals surface area contributed by atoms with Crippen molar-refractivity contribution in [1.29, 1.82) is 5.41 Å². The molecule has 1 rings (SSSR count). The maximum Gasteiger partial charge on any atom is 0.134 e. The minimum atomic E-state index is -0.446. The SMILES string of the molecule is CNC(=N)c1cc(Cl)ccc1F. The lowest BCUT2D eigenvalue weighted by atomic mass is 10.2. The van der Waals surface area contributed by atoms with Gasteiger partial charge in [0.15, 0.2) is 0 Å². The second-order valence-electron chi connectivity index (χ2n) is 2.25. The molecule has 0 spiro atoms. The Hall–Kier alpha value is -1.09. The maximum absolute atomic E-state index is 13.0. The number of nitrogens with one attached hydrogen (secondary N) is 2. The maximum atomic E-state index is 13.0. The average molecular weight is 187 g/mol. The summed E-state index contributed by atoms with van der Waals surface area (Å²) in [7, 11) is 1.56. The summed E-state index contributed by atoms with van der Waals surface area (Å²) in [5.41, 5.74) is 0.185. The summed E-state index contributed by atoms with van der Waals surface area (Å²) in [6.45, 7) is 0. The van der Waals surface area contributed by atoms with E-state index in [1.54, 1.807) is 7.05 Å². The van der Waals surface area contributed by atoms with Crippen LogP contribution in [0.15, 0.2) is 18.2 Å². The van der Waals surface area contributed by atoms with Gasteiger partial charge in [0, 0.05) is 12.1 Å². The van der Waals surface area contributed by atoms with Gasteiger partial charge in [0.25, 0.3) is 0 Å². The lowest BCUT2D eigenvalue weighted by molar-refractivity contribution is 0.624. The van der Waals surface area contributed by atoms with E-state index in [-0.39, 0.29) is 11.4 Å². The van der Waals surface area contributed by atoms with Gasteiger partial charge >= 0.3 is 0 Å². The van der Waals surface area contributed by atoms with E-state index in [0.29, 0.717) is 5.02 Å². The van der Waals surface area contributed by atoms with Crippen molar-refractivity contribution in [3.63, 3.8) is 0 Å². The Kier molecular flexibility index (Phi) is 2.65. The molecule has 0 fully saturated rings. The van der Waals surface area contributed by atoms with Crippen molar-refractivity contribution >= 4 is 17.4 Å². The van der Waals surface area contributed by atoms with E-state index in [9.17, 15) is 4.39 Å². The molecule has 4 heteroatoms. The molecule has 1 aromatic rings. The predicted molar refractivity (Wildman–Crippen MR) is 47.3 cm³/mol. The third kappa shape index (κ3) is 1.74. The second kappa shape index (κ2) is 3.54. The number of amidine groups is 1. The van der Waals surface area contributed by atoms with Crippen molar-refractivity contribution in [2.24, 2.45) is 0 Å².